The van der Waals surface area contributed by atoms with Gasteiger partial charge in [-0.15, -0.1) is 24.0 Å². The van der Waals surface area contributed by atoms with Gasteiger partial charge in [-0.05, 0) is 32.6 Å². The Balaban J connectivity index is 0.00000312. The summed E-state index contributed by atoms with van der Waals surface area (Å²) in [6, 6.07) is 0.874. The van der Waals surface area contributed by atoms with Crippen LogP contribution in [-0.2, 0) is 9.53 Å². The predicted molar refractivity (Wildman–Crippen MR) is 111 cm³/mol. The van der Waals surface area contributed by atoms with Crippen molar-refractivity contribution in [2.75, 3.05) is 46.4 Å². The minimum Gasteiger partial charge on any atom is -0.379 e. The van der Waals surface area contributed by atoms with E-state index in [0.717, 1.165) is 58.2 Å². The number of carbonyl (C=O) groups is 1. The molecule has 3 unspecified atom stereocenters. The van der Waals surface area contributed by atoms with E-state index in [1.807, 2.05) is 7.05 Å². The number of nitrogens with one attached hydrogen (secondary N) is 1. The van der Waals surface area contributed by atoms with E-state index in [9.17, 15) is 4.79 Å². The van der Waals surface area contributed by atoms with E-state index >= 15 is 0 Å². The molecule has 0 saturated carbocycles. The summed E-state index contributed by atoms with van der Waals surface area (Å²) in [5.41, 5.74) is 5.35. The van der Waals surface area contributed by atoms with Crippen LogP contribution in [-0.4, -0.2) is 80.2 Å². The van der Waals surface area contributed by atoms with Gasteiger partial charge in [0.2, 0.25) is 5.91 Å². The molecule has 2 fully saturated rings. The molecule has 25 heavy (non-hydrogen) atoms. The zero-order chi connectivity index (χ0) is 17.5. The van der Waals surface area contributed by atoms with Crippen LogP contribution in [0.5, 0.6) is 0 Å². The SMILES string of the molecule is CN=C(NCC(C)N1CCOCC1C)N1CCCC(CC(N)=O)C1.I. The van der Waals surface area contributed by atoms with Gasteiger partial charge in [0.1, 0.15) is 0 Å². The van der Waals surface area contributed by atoms with Crippen LogP contribution in [0.4, 0.5) is 0 Å². The Hall–Kier alpha value is -0.610. The zero-order valence-corrected chi connectivity index (χ0v) is 18.1. The number of nitrogens with two attached hydrogens (primary N) is 1. The van der Waals surface area contributed by atoms with Gasteiger partial charge in [0.15, 0.2) is 5.96 Å². The molecule has 0 aromatic rings. The molecule has 146 valence electrons. The lowest BCUT2D eigenvalue weighted by molar-refractivity contribution is -0.119. The predicted octanol–water partition coefficient (Wildman–Crippen LogP) is 0.876. The van der Waals surface area contributed by atoms with Crippen LogP contribution in [0.25, 0.3) is 0 Å². The average molecular weight is 467 g/mol. The maximum atomic E-state index is 11.2. The number of morpholine rings is 1. The lowest BCUT2D eigenvalue weighted by Gasteiger charge is -2.39. The molecule has 2 rings (SSSR count). The Bertz CT molecular complexity index is 449. The molecule has 7 nitrogen and oxygen atoms in total. The van der Waals surface area contributed by atoms with Gasteiger partial charge in [0, 0.05) is 51.7 Å². The van der Waals surface area contributed by atoms with E-state index in [1.54, 1.807) is 0 Å². The summed E-state index contributed by atoms with van der Waals surface area (Å²) >= 11 is 0. The Morgan fingerprint density at radius 2 is 2.20 bits per heavy atom. The van der Waals surface area contributed by atoms with E-state index < -0.39 is 0 Å². The van der Waals surface area contributed by atoms with Crippen LogP contribution in [0.2, 0.25) is 0 Å². The minimum atomic E-state index is -0.209. The van der Waals surface area contributed by atoms with Crippen LogP contribution in [0.15, 0.2) is 4.99 Å². The lowest BCUT2D eigenvalue weighted by atomic mass is 9.95. The van der Waals surface area contributed by atoms with Gasteiger partial charge in [-0.2, -0.15) is 0 Å². The van der Waals surface area contributed by atoms with Crippen molar-refractivity contribution >= 4 is 35.8 Å². The molecule has 0 radical (unpaired) electrons. The summed E-state index contributed by atoms with van der Waals surface area (Å²) in [5, 5.41) is 3.51. The van der Waals surface area contributed by atoms with Crippen molar-refractivity contribution in [3.05, 3.63) is 0 Å². The molecule has 0 aromatic heterocycles. The van der Waals surface area contributed by atoms with Crippen molar-refractivity contribution < 1.29 is 9.53 Å². The molecule has 2 heterocycles. The number of piperidine rings is 1. The number of hydrogen-bond donors (Lipinski definition) is 2. The number of nitrogens with zero attached hydrogens (tertiary/aromatic N) is 3. The highest BCUT2D eigenvalue weighted by Gasteiger charge is 2.26. The van der Waals surface area contributed by atoms with Crippen molar-refractivity contribution in [1.29, 1.82) is 0 Å². The van der Waals surface area contributed by atoms with E-state index in [1.165, 1.54) is 0 Å². The highest BCUT2D eigenvalue weighted by Crippen LogP contribution is 2.19. The molecule has 0 bridgehead atoms. The maximum absolute atomic E-state index is 11.2. The van der Waals surface area contributed by atoms with Crippen LogP contribution in [0.1, 0.15) is 33.1 Å². The van der Waals surface area contributed by atoms with Gasteiger partial charge in [0.05, 0.1) is 13.2 Å². The molecular weight excluding hydrogens is 433 g/mol. The second-order valence-electron chi connectivity index (χ2n) is 7.06. The highest BCUT2D eigenvalue weighted by molar-refractivity contribution is 14.0. The number of halogens is 1. The maximum Gasteiger partial charge on any atom is 0.217 e. The normalized spacial score (nSPS) is 26.7. The van der Waals surface area contributed by atoms with Gasteiger partial charge in [-0.1, -0.05) is 0 Å². The van der Waals surface area contributed by atoms with Crippen molar-refractivity contribution in [2.24, 2.45) is 16.6 Å². The van der Waals surface area contributed by atoms with Gasteiger partial charge in [-0.25, -0.2) is 0 Å². The summed E-state index contributed by atoms with van der Waals surface area (Å²) in [5.74, 6) is 1.06. The molecule has 0 aliphatic carbocycles. The Labute approximate surface area is 168 Å². The molecule has 0 spiro atoms. The fourth-order valence-electron chi connectivity index (χ4n) is 3.79. The highest BCUT2D eigenvalue weighted by atomic mass is 127. The van der Waals surface area contributed by atoms with Gasteiger partial charge >= 0.3 is 0 Å². The third-order valence-electron chi connectivity index (χ3n) is 5.06. The van der Waals surface area contributed by atoms with Crippen LogP contribution >= 0.6 is 24.0 Å². The van der Waals surface area contributed by atoms with Gasteiger partial charge in [-0.3, -0.25) is 14.7 Å². The summed E-state index contributed by atoms with van der Waals surface area (Å²) in [6.45, 7) is 9.74. The molecule has 0 aromatic carbocycles. The quantitative estimate of drug-likeness (QED) is 0.357. The van der Waals surface area contributed by atoms with E-state index in [-0.39, 0.29) is 29.9 Å². The van der Waals surface area contributed by atoms with Crippen LogP contribution in [0.3, 0.4) is 0 Å². The van der Waals surface area contributed by atoms with Crippen molar-refractivity contribution in [2.45, 2.75) is 45.2 Å². The standard InChI is InChI=1S/C17H33N5O2.HI/c1-13(22-7-8-24-12-14(22)2)10-20-17(19-3)21-6-4-5-15(11-21)9-16(18)23;/h13-15H,4-12H2,1-3H3,(H2,18,23)(H,19,20);1H. The molecule has 2 saturated heterocycles. The first-order valence-electron chi connectivity index (χ1n) is 9.08. The third kappa shape index (κ3) is 6.90. The number of aliphatic imine (C=N–C) groups is 1. The molecule has 2 aliphatic heterocycles. The summed E-state index contributed by atoms with van der Waals surface area (Å²) in [4.78, 5) is 20.3. The average Bonchev–Trinajstić information content (AvgIpc) is 2.55. The number of carbonyl (C=O) groups excluding carboxylic acids is 1. The molecule has 3 N–H and O–H groups in total. The number of primary amides is 1. The number of likely N-dealkylation sites (tertiary alicyclic amines) is 1. The molecule has 8 heteroatoms. The van der Waals surface area contributed by atoms with Gasteiger partial charge in [0.25, 0.3) is 0 Å². The molecule has 3 atom stereocenters. The van der Waals surface area contributed by atoms with Crippen molar-refractivity contribution in [1.82, 2.24) is 15.1 Å². The second-order valence-corrected chi connectivity index (χ2v) is 7.06. The largest absolute Gasteiger partial charge is 0.379 e. The number of rotatable bonds is 5. The molecule has 2 aliphatic rings. The van der Waals surface area contributed by atoms with Crippen LogP contribution < -0.4 is 11.1 Å². The minimum absolute atomic E-state index is 0. The second kappa shape index (κ2) is 11.2. The number of guanidine groups is 1. The Kier molecular flexibility index (Phi) is 10.0. The smallest absolute Gasteiger partial charge is 0.217 e. The number of hydrogen-bond acceptors (Lipinski definition) is 4. The summed E-state index contributed by atoms with van der Waals surface area (Å²) in [7, 11) is 1.82. The van der Waals surface area contributed by atoms with E-state index in [0.29, 0.717) is 24.4 Å². The van der Waals surface area contributed by atoms with Crippen molar-refractivity contribution in [3.8, 4) is 0 Å². The topological polar surface area (TPSA) is 83.2 Å². The fourth-order valence-corrected chi connectivity index (χ4v) is 3.79. The molecular formula is C17H34IN5O2. The Morgan fingerprint density at radius 3 is 2.84 bits per heavy atom. The molecule has 1 amide bonds. The van der Waals surface area contributed by atoms with E-state index in [4.69, 9.17) is 10.5 Å². The van der Waals surface area contributed by atoms with E-state index in [2.05, 4.69) is 34.0 Å². The first-order chi connectivity index (χ1) is 11.5. The first-order valence-corrected chi connectivity index (χ1v) is 9.08. The summed E-state index contributed by atoms with van der Waals surface area (Å²) in [6.07, 6.45) is 2.61. The zero-order valence-electron chi connectivity index (χ0n) is 15.7. The third-order valence-corrected chi connectivity index (χ3v) is 5.06. The van der Waals surface area contributed by atoms with Crippen molar-refractivity contribution in [3.63, 3.8) is 0 Å². The number of amides is 1. The van der Waals surface area contributed by atoms with Gasteiger partial charge < -0.3 is 20.7 Å². The monoisotopic (exact) mass is 467 g/mol. The van der Waals surface area contributed by atoms with Crippen LogP contribution in [0, 0.1) is 5.92 Å². The number of ether oxygens (including phenoxy) is 1. The fraction of sp³-hybridized carbons (Fsp3) is 0.882. The first kappa shape index (κ1) is 22.4. The summed E-state index contributed by atoms with van der Waals surface area (Å²) < 4.78 is 5.52. The lowest BCUT2D eigenvalue weighted by Crippen LogP contribution is -2.54. The Morgan fingerprint density at radius 1 is 1.44 bits per heavy atom.